The number of carboxylic acids is 1. The SMILES string of the molecule is Cc1ccc(C)c(-c2ccc(NCCC(=O)O)nn2)c1. The van der Waals surface area contributed by atoms with Crippen LogP contribution in [-0.2, 0) is 4.79 Å². The van der Waals surface area contributed by atoms with Crippen LogP contribution in [-0.4, -0.2) is 27.8 Å². The lowest BCUT2D eigenvalue weighted by atomic mass is 10.0. The van der Waals surface area contributed by atoms with E-state index >= 15 is 0 Å². The third kappa shape index (κ3) is 3.54. The molecule has 0 aliphatic carbocycles. The Morgan fingerprint density at radius 2 is 2.00 bits per heavy atom. The monoisotopic (exact) mass is 271 g/mol. The molecule has 1 aromatic heterocycles. The van der Waals surface area contributed by atoms with Gasteiger partial charge in [0, 0.05) is 12.1 Å². The highest BCUT2D eigenvalue weighted by atomic mass is 16.4. The quantitative estimate of drug-likeness (QED) is 0.874. The Bertz CT molecular complexity index is 609. The molecule has 0 aliphatic heterocycles. The molecule has 0 aliphatic rings. The summed E-state index contributed by atoms with van der Waals surface area (Å²) in [6.07, 6.45) is 0.0560. The number of aliphatic carboxylic acids is 1. The number of hydrogen-bond donors (Lipinski definition) is 2. The summed E-state index contributed by atoms with van der Waals surface area (Å²) in [5.74, 6) is -0.252. The lowest BCUT2D eigenvalue weighted by Crippen LogP contribution is -2.09. The first kappa shape index (κ1) is 14.0. The van der Waals surface area contributed by atoms with Crippen molar-refractivity contribution in [2.75, 3.05) is 11.9 Å². The fraction of sp³-hybridized carbons (Fsp3) is 0.267. The second kappa shape index (κ2) is 6.14. The predicted octanol–water partition coefficient (Wildman–Crippen LogP) is 2.65. The summed E-state index contributed by atoms with van der Waals surface area (Å²) >= 11 is 0. The van der Waals surface area contributed by atoms with E-state index in [9.17, 15) is 4.79 Å². The highest BCUT2D eigenvalue weighted by Crippen LogP contribution is 2.22. The normalized spacial score (nSPS) is 10.3. The summed E-state index contributed by atoms with van der Waals surface area (Å²) < 4.78 is 0. The maximum Gasteiger partial charge on any atom is 0.305 e. The number of nitrogens with zero attached hydrogens (tertiary/aromatic N) is 2. The van der Waals surface area contributed by atoms with Gasteiger partial charge in [0.15, 0.2) is 0 Å². The maximum atomic E-state index is 10.4. The van der Waals surface area contributed by atoms with Gasteiger partial charge in [-0.05, 0) is 37.6 Å². The number of nitrogens with one attached hydrogen (secondary N) is 1. The van der Waals surface area contributed by atoms with Crippen molar-refractivity contribution < 1.29 is 9.90 Å². The molecule has 5 heteroatoms. The van der Waals surface area contributed by atoms with Gasteiger partial charge in [-0.2, -0.15) is 0 Å². The molecule has 0 radical (unpaired) electrons. The predicted molar refractivity (Wildman–Crippen MR) is 77.7 cm³/mol. The second-order valence-corrected chi connectivity index (χ2v) is 4.69. The van der Waals surface area contributed by atoms with Crippen molar-refractivity contribution in [1.29, 1.82) is 0 Å². The number of anilines is 1. The van der Waals surface area contributed by atoms with Crippen LogP contribution in [0.2, 0.25) is 0 Å². The highest BCUT2D eigenvalue weighted by Gasteiger charge is 2.05. The Morgan fingerprint density at radius 1 is 1.20 bits per heavy atom. The standard InChI is InChI=1S/C15H17N3O2/c1-10-3-4-11(2)12(9-10)13-5-6-14(18-17-13)16-8-7-15(19)20/h3-6,9H,7-8H2,1-2H3,(H,16,18)(H,19,20). The van der Waals surface area contributed by atoms with E-state index in [1.807, 2.05) is 26.0 Å². The molecule has 0 unspecified atom stereocenters. The molecule has 1 aromatic carbocycles. The van der Waals surface area contributed by atoms with Crippen LogP contribution in [0, 0.1) is 13.8 Å². The maximum absolute atomic E-state index is 10.4. The number of aromatic nitrogens is 2. The van der Waals surface area contributed by atoms with Crippen LogP contribution < -0.4 is 5.32 Å². The zero-order valence-corrected chi connectivity index (χ0v) is 11.6. The van der Waals surface area contributed by atoms with Gasteiger partial charge in [0.25, 0.3) is 0 Å². The van der Waals surface area contributed by atoms with E-state index in [-0.39, 0.29) is 6.42 Å². The van der Waals surface area contributed by atoms with Gasteiger partial charge < -0.3 is 10.4 Å². The Morgan fingerprint density at radius 3 is 2.65 bits per heavy atom. The average Bonchev–Trinajstić information content (AvgIpc) is 2.42. The Kier molecular flexibility index (Phi) is 4.30. The lowest BCUT2D eigenvalue weighted by molar-refractivity contribution is -0.136. The van der Waals surface area contributed by atoms with Gasteiger partial charge in [-0.1, -0.05) is 17.7 Å². The Labute approximate surface area is 117 Å². The zero-order chi connectivity index (χ0) is 14.5. The molecule has 2 rings (SSSR count). The number of hydrogen-bond acceptors (Lipinski definition) is 4. The Hall–Kier alpha value is -2.43. The summed E-state index contributed by atoms with van der Waals surface area (Å²) in [7, 11) is 0. The minimum absolute atomic E-state index is 0.0560. The molecule has 0 atom stereocenters. The van der Waals surface area contributed by atoms with Crippen LogP contribution >= 0.6 is 0 Å². The minimum Gasteiger partial charge on any atom is -0.481 e. The van der Waals surface area contributed by atoms with Crippen LogP contribution in [0.3, 0.4) is 0 Å². The van der Waals surface area contributed by atoms with E-state index in [0.717, 1.165) is 16.8 Å². The molecule has 1 heterocycles. The molecule has 0 spiro atoms. The number of carbonyl (C=O) groups is 1. The largest absolute Gasteiger partial charge is 0.481 e. The number of aryl methyl sites for hydroxylation is 2. The topological polar surface area (TPSA) is 75.1 Å². The molecule has 0 bridgehead atoms. The second-order valence-electron chi connectivity index (χ2n) is 4.69. The van der Waals surface area contributed by atoms with Crippen LogP contribution in [0.15, 0.2) is 30.3 Å². The van der Waals surface area contributed by atoms with Crippen LogP contribution in [0.5, 0.6) is 0 Å². The van der Waals surface area contributed by atoms with E-state index in [2.05, 4.69) is 33.7 Å². The number of carboxylic acid groups (broad SMARTS) is 1. The molecular formula is C15H17N3O2. The lowest BCUT2D eigenvalue weighted by Gasteiger charge is -2.07. The minimum atomic E-state index is -0.836. The molecule has 0 fully saturated rings. The van der Waals surface area contributed by atoms with E-state index in [1.165, 1.54) is 5.56 Å². The Balaban J connectivity index is 2.11. The number of benzene rings is 1. The molecule has 0 saturated heterocycles. The van der Waals surface area contributed by atoms with Crippen molar-refractivity contribution >= 4 is 11.8 Å². The van der Waals surface area contributed by atoms with Crippen molar-refractivity contribution in [1.82, 2.24) is 10.2 Å². The van der Waals surface area contributed by atoms with Gasteiger partial charge in [-0.25, -0.2) is 0 Å². The molecule has 0 saturated carbocycles. The van der Waals surface area contributed by atoms with Gasteiger partial charge in [0.1, 0.15) is 5.82 Å². The third-order valence-corrected chi connectivity index (χ3v) is 2.98. The third-order valence-electron chi connectivity index (χ3n) is 2.98. The highest BCUT2D eigenvalue weighted by molar-refractivity contribution is 5.67. The van der Waals surface area contributed by atoms with Gasteiger partial charge in [-0.3, -0.25) is 4.79 Å². The molecule has 2 aromatic rings. The van der Waals surface area contributed by atoms with Crippen LogP contribution in [0.1, 0.15) is 17.5 Å². The summed E-state index contributed by atoms with van der Waals surface area (Å²) in [5, 5.41) is 19.7. The van der Waals surface area contributed by atoms with E-state index in [4.69, 9.17) is 5.11 Å². The van der Waals surface area contributed by atoms with Crippen LogP contribution in [0.25, 0.3) is 11.3 Å². The van der Waals surface area contributed by atoms with Gasteiger partial charge in [-0.15, -0.1) is 10.2 Å². The molecule has 0 amide bonds. The summed E-state index contributed by atoms with van der Waals surface area (Å²) in [6.45, 7) is 4.42. The van der Waals surface area contributed by atoms with Gasteiger partial charge >= 0.3 is 5.97 Å². The zero-order valence-electron chi connectivity index (χ0n) is 11.6. The molecular weight excluding hydrogens is 254 g/mol. The fourth-order valence-corrected chi connectivity index (χ4v) is 1.88. The van der Waals surface area contributed by atoms with Crippen molar-refractivity contribution in [3.63, 3.8) is 0 Å². The van der Waals surface area contributed by atoms with Gasteiger partial charge in [0.2, 0.25) is 0 Å². The van der Waals surface area contributed by atoms with Crippen molar-refractivity contribution in [3.05, 3.63) is 41.5 Å². The summed E-state index contributed by atoms with van der Waals surface area (Å²) in [6, 6.07) is 9.90. The smallest absolute Gasteiger partial charge is 0.305 e. The summed E-state index contributed by atoms with van der Waals surface area (Å²) in [5.41, 5.74) is 4.21. The van der Waals surface area contributed by atoms with Crippen molar-refractivity contribution in [2.45, 2.75) is 20.3 Å². The molecule has 104 valence electrons. The number of rotatable bonds is 5. The first-order valence-corrected chi connectivity index (χ1v) is 6.43. The fourth-order valence-electron chi connectivity index (χ4n) is 1.88. The van der Waals surface area contributed by atoms with Crippen molar-refractivity contribution in [3.8, 4) is 11.3 Å². The van der Waals surface area contributed by atoms with Crippen molar-refractivity contribution in [2.24, 2.45) is 0 Å². The molecule has 20 heavy (non-hydrogen) atoms. The molecule has 2 N–H and O–H groups in total. The average molecular weight is 271 g/mol. The van der Waals surface area contributed by atoms with E-state index in [0.29, 0.717) is 12.4 Å². The van der Waals surface area contributed by atoms with Gasteiger partial charge in [0.05, 0.1) is 12.1 Å². The van der Waals surface area contributed by atoms with Crippen LogP contribution in [0.4, 0.5) is 5.82 Å². The summed E-state index contributed by atoms with van der Waals surface area (Å²) in [4.78, 5) is 10.4. The first-order chi connectivity index (χ1) is 9.56. The van der Waals surface area contributed by atoms with E-state index < -0.39 is 5.97 Å². The van der Waals surface area contributed by atoms with E-state index in [1.54, 1.807) is 0 Å². The molecule has 5 nitrogen and oxygen atoms in total. The first-order valence-electron chi connectivity index (χ1n) is 6.43.